The molecule has 0 aliphatic carbocycles. The molecular weight excluding hydrogens is 372 g/mol. The van der Waals surface area contributed by atoms with Crippen molar-refractivity contribution in [1.29, 1.82) is 5.26 Å². The van der Waals surface area contributed by atoms with Crippen molar-refractivity contribution in [1.82, 2.24) is 10.2 Å². The summed E-state index contributed by atoms with van der Waals surface area (Å²) in [6.45, 7) is 8.83. The number of urea groups is 1. The molecule has 1 atom stereocenters. The van der Waals surface area contributed by atoms with Crippen molar-refractivity contribution in [2.75, 3.05) is 25.1 Å². The van der Waals surface area contributed by atoms with Crippen LogP contribution in [0.2, 0.25) is 0 Å². The van der Waals surface area contributed by atoms with Crippen molar-refractivity contribution < 1.29 is 19.1 Å². The Kier molecular flexibility index (Phi) is 5.35. The van der Waals surface area contributed by atoms with Gasteiger partial charge in [-0.1, -0.05) is 0 Å². The van der Waals surface area contributed by atoms with E-state index in [0.717, 1.165) is 17.5 Å². The van der Waals surface area contributed by atoms with Gasteiger partial charge in [0.25, 0.3) is 0 Å². The normalized spacial score (nSPS) is 21.3. The molecule has 0 radical (unpaired) electrons. The number of benzene rings is 1. The number of rotatable bonds is 3. The molecule has 0 saturated carbocycles. The van der Waals surface area contributed by atoms with Crippen molar-refractivity contribution in [3.8, 4) is 11.8 Å². The predicted molar refractivity (Wildman–Crippen MR) is 108 cm³/mol. The number of nitriles is 1. The number of nitrogens with one attached hydrogen (secondary N) is 1. The molecule has 8 nitrogen and oxygen atoms in total. The Morgan fingerprint density at radius 2 is 2.10 bits per heavy atom. The number of carbonyl (C=O) groups excluding carboxylic acids is 2. The van der Waals surface area contributed by atoms with E-state index in [1.807, 2.05) is 39.8 Å². The number of methoxy groups -OCH3 is 1. The van der Waals surface area contributed by atoms with E-state index in [9.17, 15) is 14.9 Å². The van der Waals surface area contributed by atoms with Gasteiger partial charge in [-0.2, -0.15) is 5.26 Å². The first-order chi connectivity index (χ1) is 13.6. The highest BCUT2D eigenvalue weighted by atomic mass is 16.6. The van der Waals surface area contributed by atoms with Crippen LogP contribution in [-0.2, 0) is 16.8 Å². The molecule has 1 aromatic rings. The molecular formula is C21H28N4O4. The van der Waals surface area contributed by atoms with Gasteiger partial charge in [-0.05, 0) is 57.4 Å². The Labute approximate surface area is 171 Å². The summed E-state index contributed by atoms with van der Waals surface area (Å²) in [5, 5.41) is 12.3. The summed E-state index contributed by atoms with van der Waals surface area (Å²) < 4.78 is 11.2. The minimum atomic E-state index is -0.845. The Balaban J connectivity index is 2.05. The van der Waals surface area contributed by atoms with Crippen molar-refractivity contribution >= 4 is 17.8 Å². The fourth-order valence-corrected chi connectivity index (χ4v) is 3.90. The van der Waals surface area contributed by atoms with Crippen LogP contribution in [0.3, 0.4) is 0 Å². The third-order valence-corrected chi connectivity index (χ3v) is 5.32. The fourth-order valence-electron chi connectivity index (χ4n) is 3.90. The van der Waals surface area contributed by atoms with Crippen LogP contribution < -0.4 is 15.0 Å². The first-order valence-corrected chi connectivity index (χ1v) is 9.75. The smallest absolute Gasteiger partial charge is 0.411 e. The second kappa shape index (κ2) is 7.47. The number of carbonyl (C=O) groups is 2. The molecule has 29 heavy (non-hydrogen) atoms. The molecule has 0 spiro atoms. The van der Waals surface area contributed by atoms with Crippen LogP contribution in [0.4, 0.5) is 15.3 Å². The standard InChI is InChI=1S/C21H28N4O4/c1-20(2,3)29-19(27)25-13-14-11-16(24-10-6-9-23-18(24)26)17(28-5)12-15(14)21(25,4)7-8-22/h11-12H,6-7,9-10,13H2,1-5H3,(H,23,26). The van der Waals surface area contributed by atoms with Crippen molar-refractivity contribution in [2.24, 2.45) is 0 Å². The molecule has 8 heteroatoms. The van der Waals surface area contributed by atoms with E-state index in [4.69, 9.17) is 9.47 Å². The van der Waals surface area contributed by atoms with E-state index in [0.29, 0.717) is 31.1 Å². The van der Waals surface area contributed by atoms with Crippen LogP contribution in [0, 0.1) is 11.3 Å². The second-order valence-electron chi connectivity index (χ2n) is 8.59. The minimum absolute atomic E-state index is 0.117. The highest BCUT2D eigenvalue weighted by molar-refractivity contribution is 5.94. The highest BCUT2D eigenvalue weighted by Gasteiger charge is 2.46. The zero-order valence-corrected chi connectivity index (χ0v) is 17.7. The van der Waals surface area contributed by atoms with Crippen molar-refractivity contribution in [2.45, 2.75) is 58.2 Å². The lowest BCUT2D eigenvalue weighted by Gasteiger charge is -2.35. The zero-order chi connectivity index (χ0) is 21.4. The first kappa shape index (κ1) is 20.8. The minimum Gasteiger partial charge on any atom is -0.495 e. The monoisotopic (exact) mass is 400 g/mol. The zero-order valence-electron chi connectivity index (χ0n) is 17.7. The Hall–Kier alpha value is -2.95. The summed E-state index contributed by atoms with van der Waals surface area (Å²) >= 11 is 0. The second-order valence-corrected chi connectivity index (χ2v) is 8.59. The van der Waals surface area contributed by atoms with E-state index >= 15 is 0 Å². The summed E-state index contributed by atoms with van der Waals surface area (Å²) in [6, 6.07) is 5.76. The SMILES string of the molecule is COc1cc2c(cc1N1CCCNC1=O)CN(C(=O)OC(C)(C)C)C2(C)CC#N. The molecule has 1 fully saturated rings. The van der Waals surface area contributed by atoms with Crippen LogP contribution in [0.1, 0.15) is 51.7 Å². The number of ether oxygens (including phenoxy) is 2. The van der Waals surface area contributed by atoms with E-state index in [-0.39, 0.29) is 12.5 Å². The lowest BCUT2D eigenvalue weighted by Crippen LogP contribution is -2.46. The molecule has 0 aromatic heterocycles. The maximum absolute atomic E-state index is 12.9. The predicted octanol–water partition coefficient (Wildman–Crippen LogP) is 3.49. The summed E-state index contributed by atoms with van der Waals surface area (Å²) in [4.78, 5) is 28.5. The highest BCUT2D eigenvalue weighted by Crippen LogP contribution is 2.46. The van der Waals surface area contributed by atoms with E-state index in [1.54, 1.807) is 16.9 Å². The largest absolute Gasteiger partial charge is 0.495 e. The first-order valence-electron chi connectivity index (χ1n) is 9.75. The number of hydrogen-bond acceptors (Lipinski definition) is 5. The average Bonchev–Trinajstić information content (AvgIpc) is 2.92. The van der Waals surface area contributed by atoms with Crippen LogP contribution in [0.15, 0.2) is 12.1 Å². The van der Waals surface area contributed by atoms with Gasteiger partial charge in [0, 0.05) is 13.1 Å². The summed E-state index contributed by atoms with van der Waals surface area (Å²) in [6.07, 6.45) is 0.483. The van der Waals surface area contributed by atoms with Gasteiger partial charge in [-0.25, -0.2) is 9.59 Å². The Morgan fingerprint density at radius 1 is 1.38 bits per heavy atom. The van der Waals surface area contributed by atoms with Gasteiger partial charge >= 0.3 is 12.1 Å². The van der Waals surface area contributed by atoms with Crippen LogP contribution in [-0.4, -0.2) is 42.8 Å². The summed E-state index contributed by atoms with van der Waals surface area (Å²) in [5.74, 6) is 0.538. The topological polar surface area (TPSA) is 94.9 Å². The molecule has 2 heterocycles. The van der Waals surface area contributed by atoms with Crippen molar-refractivity contribution in [3.05, 3.63) is 23.3 Å². The van der Waals surface area contributed by atoms with E-state index in [1.165, 1.54) is 0 Å². The van der Waals surface area contributed by atoms with Gasteiger partial charge in [-0.15, -0.1) is 0 Å². The molecule has 1 aromatic carbocycles. The molecule has 1 unspecified atom stereocenters. The van der Waals surface area contributed by atoms with Gasteiger partial charge in [0.1, 0.15) is 11.4 Å². The maximum atomic E-state index is 12.9. The van der Waals surface area contributed by atoms with E-state index < -0.39 is 17.2 Å². The van der Waals surface area contributed by atoms with Crippen molar-refractivity contribution in [3.63, 3.8) is 0 Å². The third-order valence-electron chi connectivity index (χ3n) is 5.32. The molecule has 2 aliphatic heterocycles. The molecule has 1 saturated heterocycles. The van der Waals surface area contributed by atoms with E-state index in [2.05, 4.69) is 11.4 Å². The molecule has 3 rings (SSSR count). The molecule has 3 amide bonds. The molecule has 0 bridgehead atoms. The molecule has 1 N–H and O–H groups in total. The Morgan fingerprint density at radius 3 is 2.69 bits per heavy atom. The third kappa shape index (κ3) is 3.82. The average molecular weight is 400 g/mol. The van der Waals surface area contributed by atoms with Gasteiger partial charge < -0.3 is 14.8 Å². The lowest BCUT2D eigenvalue weighted by molar-refractivity contribution is 0.00262. The van der Waals surface area contributed by atoms with Gasteiger partial charge in [0.15, 0.2) is 0 Å². The number of hydrogen-bond donors (Lipinski definition) is 1. The summed E-state index contributed by atoms with van der Waals surface area (Å²) in [7, 11) is 1.55. The van der Waals surface area contributed by atoms with Gasteiger partial charge in [-0.3, -0.25) is 9.80 Å². The lowest BCUT2D eigenvalue weighted by atomic mass is 9.88. The number of fused-ring (bicyclic) bond motifs is 1. The number of nitrogens with zero attached hydrogens (tertiary/aromatic N) is 3. The number of amides is 3. The van der Waals surface area contributed by atoms with Gasteiger partial charge in [0.2, 0.25) is 0 Å². The molecule has 156 valence electrons. The Bertz CT molecular complexity index is 871. The van der Waals surface area contributed by atoms with Crippen LogP contribution in [0.5, 0.6) is 5.75 Å². The number of anilines is 1. The maximum Gasteiger partial charge on any atom is 0.411 e. The van der Waals surface area contributed by atoms with Gasteiger partial charge in [0.05, 0.1) is 37.4 Å². The van der Waals surface area contributed by atoms with Crippen LogP contribution in [0.25, 0.3) is 0 Å². The van der Waals surface area contributed by atoms with Crippen LogP contribution >= 0.6 is 0 Å². The summed E-state index contributed by atoms with van der Waals surface area (Å²) in [5.41, 5.74) is 0.885. The fraction of sp³-hybridized carbons (Fsp3) is 0.571. The quantitative estimate of drug-likeness (QED) is 0.838. The molecule has 2 aliphatic rings.